The summed E-state index contributed by atoms with van der Waals surface area (Å²) < 4.78 is 35.6. The van der Waals surface area contributed by atoms with E-state index in [2.05, 4.69) is 0 Å². The first-order valence-corrected chi connectivity index (χ1v) is 4.24. The van der Waals surface area contributed by atoms with Gasteiger partial charge >= 0.3 is 0 Å². The lowest BCUT2D eigenvalue weighted by molar-refractivity contribution is 0.0699. The molecule has 0 saturated carbocycles. The maximum atomic E-state index is 13.0. The third-order valence-electron chi connectivity index (χ3n) is 1.79. The summed E-state index contributed by atoms with van der Waals surface area (Å²) >= 11 is 0. The quantitative estimate of drug-likeness (QED) is 0.746. The number of hydrogen-bond donors (Lipinski definition) is 0. The molecule has 0 aliphatic heterocycles. The summed E-state index contributed by atoms with van der Waals surface area (Å²) in [5.41, 5.74) is 0. The van der Waals surface area contributed by atoms with Gasteiger partial charge in [-0.15, -0.1) is 0 Å². The molecular weight excluding hydrogens is 190 g/mol. The molecular formula is C10H12F2O2. The second-order valence-corrected chi connectivity index (χ2v) is 2.91. The largest absolute Gasteiger partial charge is 0.488 e. The second kappa shape index (κ2) is 4.91. The molecule has 0 amide bonds. The van der Waals surface area contributed by atoms with Crippen molar-refractivity contribution in [3.8, 4) is 5.75 Å². The fraction of sp³-hybridized carbons (Fsp3) is 0.400. The van der Waals surface area contributed by atoms with Crippen LogP contribution in [0.5, 0.6) is 5.75 Å². The minimum absolute atomic E-state index is 0.0890. The Bertz CT molecular complexity index is 302. The molecule has 0 N–H and O–H groups in total. The van der Waals surface area contributed by atoms with Gasteiger partial charge in [-0.3, -0.25) is 0 Å². The zero-order valence-electron chi connectivity index (χ0n) is 8.09. The van der Waals surface area contributed by atoms with Crippen LogP contribution in [-0.2, 0) is 4.74 Å². The molecule has 1 aromatic carbocycles. The molecule has 0 aliphatic rings. The lowest BCUT2D eigenvalue weighted by atomic mass is 10.3. The fourth-order valence-electron chi connectivity index (χ4n) is 0.871. The zero-order valence-corrected chi connectivity index (χ0v) is 8.09. The lowest BCUT2D eigenvalue weighted by Gasteiger charge is -2.11. The molecule has 0 aliphatic carbocycles. The Morgan fingerprint density at radius 1 is 1.36 bits per heavy atom. The predicted octanol–water partition coefficient (Wildman–Crippen LogP) is 2.38. The molecule has 1 unspecified atom stereocenters. The van der Waals surface area contributed by atoms with Gasteiger partial charge < -0.3 is 9.47 Å². The molecule has 1 aromatic rings. The Labute approximate surface area is 81.4 Å². The van der Waals surface area contributed by atoms with Crippen molar-refractivity contribution in [2.75, 3.05) is 13.7 Å². The minimum atomic E-state index is -0.962. The van der Waals surface area contributed by atoms with Gasteiger partial charge in [0.1, 0.15) is 6.61 Å². The first-order chi connectivity index (χ1) is 6.65. The molecule has 14 heavy (non-hydrogen) atoms. The second-order valence-electron chi connectivity index (χ2n) is 2.91. The summed E-state index contributed by atoms with van der Waals surface area (Å²) in [6.45, 7) is 1.97. The normalized spacial score (nSPS) is 12.6. The van der Waals surface area contributed by atoms with Crippen LogP contribution in [0.1, 0.15) is 6.92 Å². The van der Waals surface area contributed by atoms with E-state index in [9.17, 15) is 8.78 Å². The van der Waals surface area contributed by atoms with Crippen LogP contribution in [-0.4, -0.2) is 19.8 Å². The Hall–Kier alpha value is -1.16. The molecule has 0 aromatic heterocycles. The standard InChI is InChI=1S/C10H12F2O2/c1-7(13-2)6-14-9-5-3-4-8(11)10(9)12/h3-5,7H,6H2,1-2H3. The minimum Gasteiger partial charge on any atom is -0.488 e. The smallest absolute Gasteiger partial charge is 0.200 e. The van der Waals surface area contributed by atoms with Crippen molar-refractivity contribution in [2.24, 2.45) is 0 Å². The summed E-state index contributed by atoms with van der Waals surface area (Å²) in [6.07, 6.45) is -0.155. The molecule has 0 spiro atoms. The van der Waals surface area contributed by atoms with Crippen LogP contribution in [0, 0.1) is 11.6 Å². The van der Waals surface area contributed by atoms with E-state index in [1.165, 1.54) is 19.2 Å². The molecule has 0 heterocycles. The van der Waals surface area contributed by atoms with Crippen molar-refractivity contribution in [1.82, 2.24) is 0 Å². The van der Waals surface area contributed by atoms with Gasteiger partial charge in [-0.1, -0.05) is 6.07 Å². The number of benzene rings is 1. The number of methoxy groups -OCH3 is 1. The van der Waals surface area contributed by atoms with Crippen molar-refractivity contribution >= 4 is 0 Å². The van der Waals surface area contributed by atoms with Crippen LogP contribution < -0.4 is 4.74 Å². The summed E-state index contributed by atoms with van der Waals surface area (Å²) in [4.78, 5) is 0. The molecule has 1 rings (SSSR count). The van der Waals surface area contributed by atoms with Crippen LogP contribution in [0.4, 0.5) is 8.78 Å². The third-order valence-corrected chi connectivity index (χ3v) is 1.79. The van der Waals surface area contributed by atoms with E-state index in [-0.39, 0.29) is 18.5 Å². The predicted molar refractivity (Wildman–Crippen MR) is 48.3 cm³/mol. The monoisotopic (exact) mass is 202 g/mol. The summed E-state index contributed by atoms with van der Waals surface area (Å²) in [7, 11) is 1.52. The number of ether oxygens (including phenoxy) is 2. The Morgan fingerprint density at radius 3 is 2.71 bits per heavy atom. The van der Waals surface area contributed by atoms with Crippen LogP contribution >= 0.6 is 0 Å². The molecule has 0 fully saturated rings. The molecule has 0 saturated heterocycles. The van der Waals surface area contributed by atoms with E-state index in [1.54, 1.807) is 6.92 Å². The Kier molecular flexibility index (Phi) is 3.83. The zero-order chi connectivity index (χ0) is 10.6. The maximum Gasteiger partial charge on any atom is 0.200 e. The highest BCUT2D eigenvalue weighted by Crippen LogP contribution is 2.19. The maximum absolute atomic E-state index is 13.0. The van der Waals surface area contributed by atoms with Gasteiger partial charge in [0.15, 0.2) is 11.6 Å². The number of halogens is 2. The highest BCUT2D eigenvalue weighted by Gasteiger charge is 2.09. The van der Waals surface area contributed by atoms with Gasteiger partial charge in [-0.05, 0) is 19.1 Å². The highest BCUT2D eigenvalue weighted by molar-refractivity contribution is 5.24. The molecule has 1 atom stereocenters. The third kappa shape index (κ3) is 2.67. The van der Waals surface area contributed by atoms with E-state index in [1.807, 2.05) is 0 Å². The van der Waals surface area contributed by atoms with Crippen LogP contribution in [0.15, 0.2) is 18.2 Å². The summed E-state index contributed by atoms with van der Waals surface area (Å²) in [6, 6.07) is 3.81. The first-order valence-electron chi connectivity index (χ1n) is 4.24. The molecule has 78 valence electrons. The molecule has 0 bridgehead atoms. The van der Waals surface area contributed by atoms with Gasteiger partial charge in [0.05, 0.1) is 6.10 Å². The van der Waals surface area contributed by atoms with Gasteiger partial charge in [0.2, 0.25) is 5.82 Å². The van der Waals surface area contributed by atoms with Gasteiger partial charge in [0.25, 0.3) is 0 Å². The van der Waals surface area contributed by atoms with Crippen molar-refractivity contribution in [1.29, 1.82) is 0 Å². The Balaban J connectivity index is 2.63. The molecule has 0 radical (unpaired) electrons. The van der Waals surface area contributed by atoms with E-state index in [4.69, 9.17) is 9.47 Å². The summed E-state index contributed by atoms with van der Waals surface area (Å²) in [5.74, 6) is -1.96. The average molecular weight is 202 g/mol. The van der Waals surface area contributed by atoms with Gasteiger partial charge in [-0.25, -0.2) is 4.39 Å². The van der Waals surface area contributed by atoms with Gasteiger partial charge in [-0.2, -0.15) is 4.39 Å². The number of rotatable bonds is 4. The van der Waals surface area contributed by atoms with Crippen LogP contribution in [0.25, 0.3) is 0 Å². The van der Waals surface area contributed by atoms with Crippen molar-refractivity contribution in [3.05, 3.63) is 29.8 Å². The molecule has 4 heteroatoms. The van der Waals surface area contributed by atoms with E-state index >= 15 is 0 Å². The van der Waals surface area contributed by atoms with Gasteiger partial charge in [0, 0.05) is 7.11 Å². The number of hydrogen-bond acceptors (Lipinski definition) is 2. The van der Waals surface area contributed by atoms with Crippen molar-refractivity contribution < 1.29 is 18.3 Å². The fourth-order valence-corrected chi connectivity index (χ4v) is 0.871. The van der Waals surface area contributed by atoms with Crippen LogP contribution in [0.3, 0.4) is 0 Å². The van der Waals surface area contributed by atoms with E-state index in [0.717, 1.165) is 6.07 Å². The lowest BCUT2D eigenvalue weighted by Crippen LogP contribution is -2.16. The SMILES string of the molecule is COC(C)COc1cccc(F)c1F. The molecule has 2 nitrogen and oxygen atoms in total. The average Bonchev–Trinajstić information content (AvgIpc) is 2.20. The van der Waals surface area contributed by atoms with E-state index < -0.39 is 11.6 Å². The highest BCUT2D eigenvalue weighted by atomic mass is 19.2. The van der Waals surface area contributed by atoms with Crippen molar-refractivity contribution in [2.45, 2.75) is 13.0 Å². The first kappa shape index (κ1) is 10.9. The Morgan fingerprint density at radius 2 is 2.07 bits per heavy atom. The van der Waals surface area contributed by atoms with Crippen molar-refractivity contribution in [3.63, 3.8) is 0 Å². The van der Waals surface area contributed by atoms with E-state index in [0.29, 0.717) is 0 Å². The summed E-state index contributed by atoms with van der Waals surface area (Å²) in [5, 5.41) is 0. The van der Waals surface area contributed by atoms with Crippen LogP contribution in [0.2, 0.25) is 0 Å². The topological polar surface area (TPSA) is 18.5 Å².